The van der Waals surface area contributed by atoms with Crippen LogP contribution in [0.1, 0.15) is 0 Å². The molecular formula is H4KNdO4P. The number of phosphoric acid groups is 1. The van der Waals surface area contributed by atoms with Crippen LogP contribution in [0.25, 0.3) is 0 Å². The van der Waals surface area contributed by atoms with Gasteiger partial charge < -0.3 is 14.7 Å². The van der Waals surface area contributed by atoms with Gasteiger partial charge in [0.1, 0.15) is 0 Å². The first-order valence-electron chi connectivity index (χ1n) is 0.783. The maximum Gasteiger partial charge on any atom is 0 e. The molecular weight excluding hydrogens is 278 g/mol. The molecule has 0 saturated heterocycles. The van der Waals surface area contributed by atoms with Gasteiger partial charge in [-0.25, -0.2) is 4.57 Å². The summed E-state index contributed by atoms with van der Waals surface area (Å²) in [5, 5.41) is 0. The van der Waals surface area contributed by atoms with E-state index in [0.717, 1.165) is 0 Å². The average Bonchev–Trinajstić information content (AvgIpc) is 0.722. The van der Waals surface area contributed by atoms with Crippen molar-refractivity contribution in [1.29, 1.82) is 0 Å². The molecule has 7 heavy (non-hydrogen) atoms. The number of hydrogen-bond acceptors (Lipinski definition) is 1. The SMILES string of the molecule is O=P(O)(O)O.[KH].[Nd]. The largest absolute Gasteiger partial charge is 0 e. The molecule has 0 aliphatic rings. The topological polar surface area (TPSA) is 77.8 Å². The maximum absolute atomic E-state index is 8.88. The molecule has 4 nitrogen and oxygen atoms in total. The molecule has 38 valence electrons. The van der Waals surface area contributed by atoms with Crippen molar-refractivity contribution >= 4 is 59.2 Å². The summed E-state index contributed by atoms with van der Waals surface area (Å²) in [5.41, 5.74) is 0. The van der Waals surface area contributed by atoms with E-state index >= 15 is 0 Å². The van der Waals surface area contributed by atoms with Gasteiger partial charge in [0.05, 0.1) is 0 Å². The van der Waals surface area contributed by atoms with E-state index in [0.29, 0.717) is 0 Å². The summed E-state index contributed by atoms with van der Waals surface area (Å²) in [6, 6.07) is 0. The fraction of sp³-hybridized carbons (Fsp3) is 0. The Balaban J connectivity index is -0.0000000800. The van der Waals surface area contributed by atoms with Crippen LogP contribution in [0.4, 0.5) is 0 Å². The predicted molar refractivity (Wildman–Crippen MR) is 21.4 cm³/mol. The molecule has 0 aromatic carbocycles. The van der Waals surface area contributed by atoms with E-state index in [9.17, 15) is 0 Å². The number of rotatable bonds is 0. The molecule has 0 radical (unpaired) electrons. The van der Waals surface area contributed by atoms with Gasteiger partial charge in [0.25, 0.3) is 0 Å². The van der Waals surface area contributed by atoms with Crippen molar-refractivity contribution in [2.45, 2.75) is 0 Å². The van der Waals surface area contributed by atoms with E-state index in [2.05, 4.69) is 0 Å². The summed E-state index contributed by atoms with van der Waals surface area (Å²) in [6.07, 6.45) is 0. The molecule has 7 heteroatoms. The van der Waals surface area contributed by atoms with Gasteiger partial charge in [0.15, 0.2) is 0 Å². The minimum absolute atomic E-state index is 0. The van der Waals surface area contributed by atoms with Gasteiger partial charge in [-0.05, 0) is 0 Å². The van der Waals surface area contributed by atoms with Gasteiger partial charge in [0.2, 0.25) is 0 Å². The molecule has 0 fully saturated rings. The molecule has 0 unspecified atom stereocenters. The van der Waals surface area contributed by atoms with E-state index in [1.807, 2.05) is 0 Å². The second-order valence-electron chi connectivity index (χ2n) is 0.513. The molecule has 0 rings (SSSR count). The molecule has 0 amide bonds. The summed E-state index contributed by atoms with van der Waals surface area (Å²) in [4.78, 5) is 21.6. The Labute approximate surface area is 116 Å². The van der Waals surface area contributed by atoms with Crippen LogP contribution in [0.5, 0.6) is 0 Å². The molecule has 0 aliphatic carbocycles. The van der Waals surface area contributed by atoms with Crippen molar-refractivity contribution in [2.24, 2.45) is 0 Å². The van der Waals surface area contributed by atoms with E-state index in [1.165, 1.54) is 0 Å². The Kier molecular flexibility index (Phi) is 17.1. The van der Waals surface area contributed by atoms with E-state index in [4.69, 9.17) is 19.2 Å². The summed E-state index contributed by atoms with van der Waals surface area (Å²) >= 11 is 0. The van der Waals surface area contributed by atoms with Crippen LogP contribution in [0.3, 0.4) is 0 Å². The van der Waals surface area contributed by atoms with Crippen molar-refractivity contribution in [3.8, 4) is 0 Å². The Hall–Kier alpha value is 3.10. The van der Waals surface area contributed by atoms with Gasteiger partial charge in [-0.1, -0.05) is 0 Å². The molecule has 3 N–H and O–H groups in total. The first-order valence-corrected chi connectivity index (χ1v) is 2.35. The molecule has 0 bridgehead atoms. The van der Waals surface area contributed by atoms with E-state index in [1.54, 1.807) is 0 Å². The molecule has 0 aliphatic heterocycles. The quantitative estimate of drug-likeness (QED) is 0.370. The smallest absolute Gasteiger partial charge is 0 e. The molecule has 0 aromatic rings. The van der Waals surface area contributed by atoms with E-state index < -0.39 is 7.82 Å². The molecule has 0 heterocycles. The van der Waals surface area contributed by atoms with Crippen molar-refractivity contribution < 1.29 is 60.1 Å². The first kappa shape index (κ1) is 16.6. The van der Waals surface area contributed by atoms with Gasteiger partial charge in [-0.15, -0.1) is 0 Å². The third-order valence-corrected chi connectivity index (χ3v) is 0. The Morgan fingerprint density at radius 1 is 1.14 bits per heavy atom. The standard InChI is InChI=1S/K.Nd.H3O4P.H/c;;1-5(2,3)4;/h;;(H3,1,2,3,4);. The van der Waals surface area contributed by atoms with Crippen molar-refractivity contribution in [2.75, 3.05) is 0 Å². The zero-order chi connectivity index (χ0) is 4.50. The van der Waals surface area contributed by atoms with Gasteiger partial charge in [0, 0.05) is 40.8 Å². The minimum Gasteiger partial charge on any atom is 0 e. The van der Waals surface area contributed by atoms with Crippen molar-refractivity contribution in [3.63, 3.8) is 0 Å². The molecule has 0 saturated carbocycles. The van der Waals surface area contributed by atoms with Crippen LogP contribution >= 0.6 is 7.82 Å². The first-order chi connectivity index (χ1) is 2.00. The van der Waals surface area contributed by atoms with Gasteiger partial charge >= 0.3 is 59.2 Å². The summed E-state index contributed by atoms with van der Waals surface area (Å²) in [6.45, 7) is 0. The molecule has 0 aromatic heterocycles. The zero-order valence-corrected chi connectivity index (χ0v) is 6.80. The van der Waals surface area contributed by atoms with Crippen molar-refractivity contribution in [1.82, 2.24) is 0 Å². The monoisotopic (exact) mass is 280 g/mol. The normalized spacial score (nSPS) is 8.43. The Bertz CT molecular complexity index is 57.8. The van der Waals surface area contributed by atoms with Gasteiger partial charge in [-0.2, -0.15) is 0 Å². The third kappa shape index (κ3) is 47.8. The Morgan fingerprint density at radius 3 is 1.14 bits per heavy atom. The van der Waals surface area contributed by atoms with Crippen LogP contribution in [-0.4, -0.2) is 66.1 Å². The van der Waals surface area contributed by atoms with Crippen LogP contribution in [-0.2, 0) is 4.57 Å². The zero-order valence-electron chi connectivity index (χ0n) is 2.70. The van der Waals surface area contributed by atoms with Gasteiger partial charge in [-0.3, -0.25) is 0 Å². The van der Waals surface area contributed by atoms with Crippen LogP contribution < -0.4 is 0 Å². The summed E-state index contributed by atoms with van der Waals surface area (Å²) < 4.78 is 8.88. The fourth-order valence-corrected chi connectivity index (χ4v) is 0. The molecule has 0 atom stereocenters. The van der Waals surface area contributed by atoms with Crippen LogP contribution in [0, 0.1) is 40.8 Å². The second kappa shape index (κ2) is 7.21. The Morgan fingerprint density at radius 2 is 1.14 bits per heavy atom. The van der Waals surface area contributed by atoms with Crippen molar-refractivity contribution in [3.05, 3.63) is 0 Å². The average molecular weight is 282 g/mol. The predicted octanol–water partition coefficient (Wildman–Crippen LogP) is -1.58. The third-order valence-electron chi connectivity index (χ3n) is 0. The number of hydrogen-bond donors (Lipinski definition) is 3. The maximum atomic E-state index is 8.88. The van der Waals surface area contributed by atoms with Crippen LogP contribution in [0.2, 0.25) is 0 Å². The fourth-order valence-electron chi connectivity index (χ4n) is 0. The second-order valence-corrected chi connectivity index (χ2v) is 1.54. The summed E-state index contributed by atoms with van der Waals surface area (Å²) in [5.74, 6) is 0. The summed E-state index contributed by atoms with van der Waals surface area (Å²) in [7, 11) is -4.64. The minimum atomic E-state index is -4.64. The molecule has 0 spiro atoms. The van der Waals surface area contributed by atoms with Crippen LogP contribution in [0.15, 0.2) is 0 Å². The van der Waals surface area contributed by atoms with E-state index in [-0.39, 0.29) is 92.2 Å².